The van der Waals surface area contributed by atoms with E-state index in [2.05, 4.69) is 0 Å². The molecule has 2 rings (SSSR count). The van der Waals surface area contributed by atoms with Crippen LogP contribution in [0.3, 0.4) is 0 Å². The maximum absolute atomic E-state index is 11.8. The van der Waals surface area contributed by atoms with E-state index in [0.717, 1.165) is 11.3 Å². The number of rotatable bonds is 10. The summed E-state index contributed by atoms with van der Waals surface area (Å²) in [4.78, 5) is 11.8. The predicted octanol–water partition coefficient (Wildman–Crippen LogP) is 3.62. The van der Waals surface area contributed by atoms with Gasteiger partial charge in [-0.05, 0) is 35.9 Å². The summed E-state index contributed by atoms with van der Waals surface area (Å²) in [5.74, 6) is 1.31. The van der Waals surface area contributed by atoms with Gasteiger partial charge in [-0.15, -0.1) is 0 Å². The highest BCUT2D eigenvalue weighted by Gasteiger charge is 2.05. The minimum atomic E-state index is -0.432. The van der Waals surface area contributed by atoms with Crippen LogP contribution < -0.4 is 14.2 Å². The van der Waals surface area contributed by atoms with Gasteiger partial charge in [0.2, 0.25) is 0 Å². The van der Waals surface area contributed by atoms with Crippen LogP contribution in [0, 0.1) is 11.3 Å². The van der Waals surface area contributed by atoms with Gasteiger partial charge in [-0.3, -0.25) is 0 Å². The lowest BCUT2D eigenvalue weighted by Gasteiger charge is -2.08. The molecule has 0 aliphatic rings. The molecule has 6 nitrogen and oxygen atoms in total. The van der Waals surface area contributed by atoms with Crippen LogP contribution in [-0.4, -0.2) is 32.9 Å². The Balaban J connectivity index is 1.74. The van der Waals surface area contributed by atoms with Gasteiger partial charge in [0, 0.05) is 12.5 Å². The van der Waals surface area contributed by atoms with Crippen LogP contribution in [0.4, 0.5) is 0 Å². The van der Waals surface area contributed by atoms with Crippen molar-refractivity contribution in [1.29, 1.82) is 5.26 Å². The summed E-state index contributed by atoms with van der Waals surface area (Å²) in [6.07, 6.45) is 3.58. The van der Waals surface area contributed by atoms with Crippen molar-refractivity contribution in [1.82, 2.24) is 0 Å². The van der Waals surface area contributed by atoms with Crippen LogP contribution in [0.1, 0.15) is 12.0 Å². The zero-order valence-corrected chi connectivity index (χ0v) is 15.1. The molecule has 0 bridgehead atoms. The van der Waals surface area contributed by atoms with Gasteiger partial charge in [-0.2, -0.15) is 5.26 Å². The molecule has 0 aromatic heterocycles. The molecule has 2 aromatic carbocycles. The van der Waals surface area contributed by atoms with Gasteiger partial charge >= 0.3 is 5.97 Å². The summed E-state index contributed by atoms with van der Waals surface area (Å²) < 4.78 is 21.1. The van der Waals surface area contributed by atoms with Crippen molar-refractivity contribution in [2.45, 2.75) is 6.42 Å². The molecule has 140 valence electrons. The standard InChI is InChI=1S/C21H21NO5/c1-24-20-16-17(8-10-19(20)26-15-12-22)9-11-21(23)27-14-5-13-25-18-6-3-2-4-7-18/h2-4,6-11,16H,5,13-15H2,1H3. The summed E-state index contributed by atoms with van der Waals surface area (Å²) in [7, 11) is 1.51. The van der Waals surface area contributed by atoms with Crippen molar-refractivity contribution in [3.8, 4) is 23.3 Å². The Hall–Kier alpha value is -3.46. The molecule has 0 fully saturated rings. The second-order valence-electron chi connectivity index (χ2n) is 5.37. The Kier molecular flexibility index (Phi) is 8.25. The van der Waals surface area contributed by atoms with E-state index in [0.29, 0.717) is 24.5 Å². The first-order chi connectivity index (χ1) is 13.2. The molecule has 27 heavy (non-hydrogen) atoms. The predicted molar refractivity (Wildman–Crippen MR) is 101 cm³/mol. The minimum Gasteiger partial charge on any atom is -0.493 e. The number of benzene rings is 2. The van der Waals surface area contributed by atoms with E-state index in [-0.39, 0.29) is 13.2 Å². The molecule has 6 heteroatoms. The number of nitriles is 1. The molecule has 0 aliphatic carbocycles. The number of ether oxygens (including phenoxy) is 4. The molecule has 0 saturated carbocycles. The lowest BCUT2D eigenvalue weighted by atomic mass is 10.2. The normalized spacial score (nSPS) is 10.2. The van der Waals surface area contributed by atoms with Crippen molar-refractivity contribution in [3.05, 3.63) is 60.2 Å². The van der Waals surface area contributed by atoms with E-state index in [1.807, 2.05) is 36.4 Å². The van der Waals surface area contributed by atoms with E-state index in [1.165, 1.54) is 13.2 Å². The molecular weight excluding hydrogens is 346 g/mol. The molecular formula is C21H21NO5. The van der Waals surface area contributed by atoms with Gasteiger partial charge in [-0.1, -0.05) is 24.3 Å². The third-order valence-corrected chi connectivity index (χ3v) is 3.44. The fraction of sp³-hybridized carbons (Fsp3) is 0.238. The number of carbonyl (C=O) groups excluding carboxylic acids is 1. The summed E-state index contributed by atoms with van der Waals surface area (Å²) in [6.45, 7) is 0.689. The van der Waals surface area contributed by atoms with Crippen LogP contribution >= 0.6 is 0 Å². The van der Waals surface area contributed by atoms with Gasteiger partial charge in [0.25, 0.3) is 0 Å². The number of para-hydroxylation sites is 1. The topological polar surface area (TPSA) is 77.8 Å². The first kappa shape index (κ1) is 19.9. The number of carbonyl (C=O) groups is 1. The number of esters is 1. The molecule has 0 heterocycles. The molecule has 2 aromatic rings. The van der Waals surface area contributed by atoms with Crippen LogP contribution in [0.2, 0.25) is 0 Å². The lowest BCUT2D eigenvalue weighted by molar-refractivity contribution is -0.137. The van der Waals surface area contributed by atoms with Gasteiger partial charge in [0.05, 0.1) is 20.3 Å². The molecule has 0 amide bonds. The Bertz CT molecular complexity index is 796. The SMILES string of the molecule is COc1cc(C=CC(=O)OCCCOc2ccccc2)ccc1OCC#N. The number of hydrogen-bond acceptors (Lipinski definition) is 6. The van der Waals surface area contributed by atoms with E-state index in [4.69, 9.17) is 24.2 Å². The average molecular weight is 367 g/mol. The monoisotopic (exact) mass is 367 g/mol. The number of nitrogens with zero attached hydrogens (tertiary/aromatic N) is 1. The van der Waals surface area contributed by atoms with Gasteiger partial charge in [0.1, 0.15) is 11.8 Å². The molecule has 0 radical (unpaired) electrons. The molecule has 0 atom stereocenters. The maximum atomic E-state index is 11.8. The van der Waals surface area contributed by atoms with Crippen LogP contribution in [0.25, 0.3) is 6.08 Å². The zero-order chi connectivity index (χ0) is 19.3. The van der Waals surface area contributed by atoms with E-state index in [9.17, 15) is 4.79 Å². The summed E-state index contributed by atoms with van der Waals surface area (Å²) >= 11 is 0. The molecule has 0 spiro atoms. The van der Waals surface area contributed by atoms with Gasteiger partial charge < -0.3 is 18.9 Å². The van der Waals surface area contributed by atoms with E-state index in [1.54, 1.807) is 24.3 Å². The fourth-order valence-electron chi connectivity index (χ4n) is 2.17. The smallest absolute Gasteiger partial charge is 0.330 e. The summed E-state index contributed by atoms with van der Waals surface area (Å²) in [5, 5.41) is 8.57. The van der Waals surface area contributed by atoms with Crippen LogP contribution in [-0.2, 0) is 9.53 Å². The quantitative estimate of drug-likeness (QED) is 0.363. The van der Waals surface area contributed by atoms with Crippen molar-refractivity contribution < 1.29 is 23.7 Å². The number of methoxy groups -OCH3 is 1. The minimum absolute atomic E-state index is 0.0636. The Morgan fingerprint density at radius 2 is 1.89 bits per heavy atom. The van der Waals surface area contributed by atoms with Gasteiger partial charge in [0.15, 0.2) is 18.1 Å². The molecule has 0 aliphatic heterocycles. The maximum Gasteiger partial charge on any atom is 0.330 e. The van der Waals surface area contributed by atoms with Crippen LogP contribution in [0.15, 0.2) is 54.6 Å². The van der Waals surface area contributed by atoms with Crippen LogP contribution in [0.5, 0.6) is 17.2 Å². The summed E-state index contributed by atoms with van der Waals surface area (Å²) in [6, 6.07) is 16.5. The van der Waals surface area contributed by atoms with Crippen molar-refractivity contribution in [3.63, 3.8) is 0 Å². The highest BCUT2D eigenvalue weighted by molar-refractivity contribution is 5.87. The largest absolute Gasteiger partial charge is 0.493 e. The molecule has 0 N–H and O–H groups in total. The second-order valence-corrected chi connectivity index (χ2v) is 5.37. The third-order valence-electron chi connectivity index (χ3n) is 3.44. The van der Waals surface area contributed by atoms with Crippen molar-refractivity contribution >= 4 is 12.0 Å². The molecule has 0 saturated heterocycles. The van der Waals surface area contributed by atoms with Crippen molar-refractivity contribution in [2.75, 3.05) is 26.9 Å². The number of hydrogen-bond donors (Lipinski definition) is 0. The third kappa shape index (κ3) is 7.12. The Morgan fingerprint density at radius 1 is 1.07 bits per heavy atom. The lowest BCUT2D eigenvalue weighted by Crippen LogP contribution is -2.06. The zero-order valence-electron chi connectivity index (χ0n) is 15.1. The van der Waals surface area contributed by atoms with E-state index >= 15 is 0 Å². The van der Waals surface area contributed by atoms with E-state index < -0.39 is 5.97 Å². The first-order valence-electron chi connectivity index (χ1n) is 8.43. The Labute approximate surface area is 158 Å². The Morgan fingerprint density at radius 3 is 2.63 bits per heavy atom. The first-order valence-corrected chi connectivity index (χ1v) is 8.43. The fourth-order valence-corrected chi connectivity index (χ4v) is 2.17. The average Bonchev–Trinajstić information content (AvgIpc) is 2.71. The van der Waals surface area contributed by atoms with Gasteiger partial charge in [-0.25, -0.2) is 4.79 Å². The highest BCUT2D eigenvalue weighted by atomic mass is 16.5. The molecule has 0 unspecified atom stereocenters. The van der Waals surface area contributed by atoms with Crippen molar-refractivity contribution in [2.24, 2.45) is 0 Å². The highest BCUT2D eigenvalue weighted by Crippen LogP contribution is 2.28. The second kappa shape index (κ2) is 11.2. The summed E-state index contributed by atoms with van der Waals surface area (Å²) in [5.41, 5.74) is 0.750.